The van der Waals surface area contributed by atoms with Crippen LogP contribution in [0, 0.1) is 5.82 Å². The zero-order valence-electron chi connectivity index (χ0n) is 18.6. The standard InChI is InChI=1S/C28H24FN3O2/c29-22-5-7-23(8-6-22)32-25-14-21-16-31-15-20(21)13-24(25)26(27(32)18-9-11-34-12-10-18)17-1-3-19(4-2-17)28(30)33/h1-8,13-14,16,18H,9-12,15H2,(H2,30,33). The molecular weight excluding hydrogens is 429 g/mol. The molecule has 6 heteroatoms. The zero-order valence-corrected chi connectivity index (χ0v) is 18.6. The third kappa shape index (κ3) is 3.42. The van der Waals surface area contributed by atoms with Crippen LogP contribution in [0.3, 0.4) is 0 Å². The number of amides is 1. The van der Waals surface area contributed by atoms with Gasteiger partial charge in [0.1, 0.15) is 5.82 Å². The first-order valence-corrected chi connectivity index (χ1v) is 11.5. The number of halogens is 1. The first-order valence-electron chi connectivity index (χ1n) is 11.5. The minimum atomic E-state index is -0.445. The first-order chi connectivity index (χ1) is 16.6. The van der Waals surface area contributed by atoms with Crippen LogP contribution in [0.2, 0.25) is 0 Å². The number of fused-ring (bicyclic) bond motifs is 2. The predicted octanol–water partition coefficient (Wildman–Crippen LogP) is 5.36. The van der Waals surface area contributed by atoms with Gasteiger partial charge in [-0.2, -0.15) is 0 Å². The Morgan fingerprint density at radius 1 is 1.03 bits per heavy atom. The van der Waals surface area contributed by atoms with Crippen LogP contribution in [-0.2, 0) is 11.3 Å². The molecule has 1 fully saturated rings. The SMILES string of the molecule is NC(=O)c1ccc(-c2c(C3CCOCC3)n(-c3ccc(F)cc3)c3cc4c(cc23)CN=C4)cc1. The molecule has 0 saturated carbocycles. The van der Waals surface area contributed by atoms with Crippen LogP contribution in [0.4, 0.5) is 4.39 Å². The second kappa shape index (κ2) is 8.22. The molecule has 0 bridgehead atoms. The third-order valence-corrected chi connectivity index (χ3v) is 6.91. The molecule has 0 aliphatic carbocycles. The number of benzene rings is 3. The number of hydrogen-bond donors (Lipinski definition) is 1. The molecule has 1 amide bonds. The fraction of sp³-hybridized carbons (Fsp3) is 0.214. The van der Waals surface area contributed by atoms with Crippen molar-refractivity contribution in [2.45, 2.75) is 25.3 Å². The fourth-order valence-corrected chi connectivity index (χ4v) is 5.24. The highest BCUT2D eigenvalue weighted by molar-refractivity contribution is 6.03. The van der Waals surface area contributed by atoms with Crippen LogP contribution >= 0.6 is 0 Å². The molecule has 34 heavy (non-hydrogen) atoms. The highest BCUT2D eigenvalue weighted by Gasteiger charge is 2.28. The van der Waals surface area contributed by atoms with Gasteiger partial charge >= 0.3 is 0 Å². The summed E-state index contributed by atoms with van der Waals surface area (Å²) < 4.78 is 21.8. The summed E-state index contributed by atoms with van der Waals surface area (Å²) in [7, 11) is 0. The molecular formula is C28H24FN3O2. The fourth-order valence-electron chi connectivity index (χ4n) is 5.24. The van der Waals surface area contributed by atoms with Crippen molar-refractivity contribution in [1.29, 1.82) is 0 Å². The summed E-state index contributed by atoms with van der Waals surface area (Å²) in [6.45, 7) is 2.08. The topological polar surface area (TPSA) is 69.6 Å². The minimum absolute atomic E-state index is 0.261. The summed E-state index contributed by atoms with van der Waals surface area (Å²) >= 11 is 0. The van der Waals surface area contributed by atoms with Crippen molar-refractivity contribution >= 4 is 23.0 Å². The van der Waals surface area contributed by atoms with E-state index >= 15 is 0 Å². The van der Waals surface area contributed by atoms with Crippen molar-refractivity contribution < 1.29 is 13.9 Å². The summed E-state index contributed by atoms with van der Waals surface area (Å²) in [5, 5.41) is 1.13. The van der Waals surface area contributed by atoms with Gasteiger partial charge in [0, 0.05) is 53.2 Å². The van der Waals surface area contributed by atoms with E-state index in [1.807, 2.05) is 30.5 Å². The van der Waals surface area contributed by atoms with E-state index in [4.69, 9.17) is 10.5 Å². The quantitative estimate of drug-likeness (QED) is 0.452. The molecule has 0 unspecified atom stereocenters. The molecule has 2 aliphatic heterocycles. The molecule has 3 aromatic carbocycles. The van der Waals surface area contributed by atoms with Gasteiger partial charge < -0.3 is 15.0 Å². The van der Waals surface area contributed by atoms with Crippen molar-refractivity contribution in [1.82, 2.24) is 4.57 Å². The van der Waals surface area contributed by atoms with E-state index in [0.717, 1.165) is 46.1 Å². The molecule has 1 saturated heterocycles. The average Bonchev–Trinajstić information content (AvgIpc) is 3.45. The average molecular weight is 454 g/mol. The smallest absolute Gasteiger partial charge is 0.248 e. The monoisotopic (exact) mass is 453 g/mol. The van der Waals surface area contributed by atoms with Gasteiger partial charge in [0.2, 0.25) is 5.91 Å². The van der Waals surface area contributed by atoms with Crippen molar-refractivity contribution in [3.05, 3.63) is 88.9 Å². The van der Waals surface area contributed by atoms with Gasteiger partial charge in [0.15, 0.2) is 0 Å². The van der Waals surface area contributed by atoms with E-state index in [1.165, 1.54) is 23.4 Å². The predicted molar refractivity (Wildman–Crippen MR) is 131 cm³/mol. The van der Waals surface area contributed by atoms with Crippen LogP contribution < -0.4 is 5.73 Å². The number of aliphatic imine (C=N–C) groups is 1. The Kier molecular flexibility index (Phi) is 5.03. The lowest BCUT2D eigenvalue weighted by atomic mass is 9.89. The van der Waals surface area contributed by atoms with E-state index in [-0.39, 0.29) is 11.7 Å². The lowest BCUT2D eigenvalue weighted by Crippen LogP contribution is -2.17. The number of nitrogens with two attached hydrogens (primary N) is 1. The first kappa shape index (κ1) is 20.8. The maximum Gasteiger partial charge on any atom is 0.248 e. The summed E-state index contributed by atoms with van der Waals surface area (Å²) in [5.74, 6) is -0.427. The maximum absolute atomic E-state index is 13.8. The van der Waals surface area contributed by atoms with Gasteiger partial charge in [0.25, 0.3) is 0 Å². The number of primary amides is 1. The number of nitrogens with zero attached hydrogens (tertiary/aromatic N) is 2. The number of carbonyl (C=O) groups excluding carboxylic acids is 1. The molecule has 0 atom stereocenters. The molecule has 170 valence electrons. The second-order valence-electron chi connectivity index (χ2n) is 8.94. The van der Waals surface area contributed by atoms with E-state index in [2.05, 4.69) is 21.7 Å². The molecule has 0 radical (unpaired) electrons. The van der Waals surface area contributed by atoms with Crippen molar-refractivity contribution in [3.63, 3.8) is 0 Å². The summed E-state index contributed by atoms with van der Waals surface area (Å²) in [4.78, 5) is 16.1. The normalized spacial score (nSPS) is 15.7. The number of carbonyl (C=O) groups is 1. The number of aromatic nitrogens is 1. The highest BCUT2D eigenvalue weighted by atomic mass is 19.1. The summed E-state index contributed by atoms with van der Waals surface area (Å²) in [5.41, 5.74) is 13.6. The summed E-state index contributed by atoms with van der Waals surface area (Å²) in [6, 6.07) is 18.6. The molecule has 4 aromatic rings. The van der Waals surface area contributed by atoms with Crippen LogP contribution in [-0.4, -0.2) is 29.9 Å². The Labute approximate surface area is 196 Å². The largest absolute Gasteiger partial charge is 0.381 e. The van der Waals surface area contributed by atoms with Gasteiger partial charge in [-0.1, -0.05) is 12.1 Å². The Hall–Kier alpha value is -3.77. The molecule has 2 aliphatic rings. The molecule has 3 heterocycles. The van der Waals surface area contributed by atoms with E-state index in [9.17, 15) is 9.18 Å². The zero-order chi connectivity index (χ0) is 23.2. The Morgan fingerprint density at radius 3 is 2.47 bits per heavy atom. The molecule has 5 nitrogen and oxygen atoms in total. The number of hydrogen-bond acceptors (Lipinski definition) is 3. The van der Waals surface area contributed by atoms with Crippen molar-refractivity contribution in [2.24, 2.45) is 10.7 Å². The van der Waals surface area contributed by atoms with Crippen LogP contribution in [0.15, 0.2) is 65.7 Å². The Bertz CT molecular complexity index is 1430. The van der Waals surface area contributed by atoms with Gasteiger partial charge in [-0.3, -0.25) is 9.79 Å². The molecule has 2 N–H and O–H groups in total. The van der Waals surface area contributed by atoms with Gasteiger partial charge in [-0.15, -0.1) is 0 Å². The number of rotatable bonds is 4. The van der Waals surface area contributed by atoms with Crippen LogP contribution in [0.1, 0.15) is 45.9 Å². The Balaban J connectivity index is 1.69. The van der Waals surface area contributed by atoms with E-state index in [1.54, 1.807) is 12.1 Å². The second-order valence-corrected chi connectivity index (χ2v) is 8.94. The lowest BCUT2D eigenvalue weighted by Gasteiger charge is -2.26. The minimum Gasteiger partial charge on any atom is -0.381 e. The Morgan fingerprint density at radius 2 is 1.76 bits per heavy atom. The van der Waals surface area contributed by atoms with E-state index < -0.39 is 5.91 Å². The molecule has 6 rings (SSSR count). The van der Waals surface area contributed by atoms with Crippen LogP contribution in [0.25, 0.3) is 27.7 Å². The molecule has 1 aromatic heterocycles. The van der Waals surface area contributed by atoms with Crippen molar-refractivity contribution in [3.8, 4) is 16.8 Å². The lowest BCUT2D eigenvalue weighted by molar-refractivity contribution is 0.0843. The van der Waals surface area contributed by atoms with Gasteiger partial charge in [-0.25, -0.2) is 4.39 Å². The highest BCUT2D eigenvalue weighted by Crippen LogP contribution is 2.44. The van der Waals surface area contributed by atoms with E-state index in [0.29, 0.717) is 25.3 Å². The van der Waals surface area contributed by atoms with Crippen LogP contribution in [0.5, 0.6) is 0 Å². The maximum atomic E-state index is 13.8. The van der Waals surface area contributed by atoms with Gasteiger partial charge in [0.05, 0.1) is 12.1 Å². The number of ether oxygens (including phenoxy) is 1. The molecule has 0 spiro atoms. The van der Waals surface area contributed by atoms with Gasteiger partial charge in [-0.05, 0) is 78.1 Å². The summed E-state index contributed by atoms with van der Waals surface area (Å²) in [6.07, 6.45) is 3.74. The van der Waals surface area contributed by atoms with Crippen molar-refractivity contribution in [2.75, 3.05) is 13.2 Å². The third-order valence-electron chi connectivity index (χ3n) is 6.91.